The lowest BCUT2D eigenvalue weighted by Gasteiger charge is -2.04. The highest BCUT2D eigenvalue weighted by Gasteiger charge is 2.14. The van der Waals surface area contributed by atoms with E-state index in [2.05, 4.69) is 4.99 Å². The number of methoxy groups -OCH3 is 2. The van der Waals surface area contributed by atoms with Gasteiger partial charge in [0.05, 0.1) is 30.0 Å². The van der Waals surface area contributed by atoms with Crippen molar-refractivity contribution in [2.45, 2.75) is 26.8 Å². The maximum absolute atomic E-state index is 12.1. The van der Waals surface area contributed by atoms with Crippen molar-refractivity contribution in [1.82, 2.24) is 4.57 Å². The molecule has 1 amide bonds. The first kappa shape index (κ1) is 18.9. The van der Waals surface area contributed by atoms with E-state index in [9.17, 15) is 14.4 Å². The Bertz CT molecular complexity index is 879. The molecule has 0 atom stereocenters. The van der Waals surface area contributed by atoms with E-state index in [1.807, 2.05) is 13.8 Å². The van der Waals surface area contributed by atoms with E-state index in [1.165, 1.54) is 25.6 Å². The minimum atomic E-state index is -0.454. The van der Waals surface area contributed by atoms with Gasteiger partial charge < -0.3 is 14.0 Å². The Morgan fingerprint density at radius 1 is 1.20 bits per heavy atom. The normalized spacial score (nSPS) is 11.8. The molecule has 0 fully saturated rings. The van der Waals surface area contributed by atoms with E-state index < -0.39 is 11.9 Å². The van der Waals surface area contributed by atoms with Crippen LogP contribution in [0.4, 0.5) is 0 Å². The number of aromatic nitrogens is 1. The Hall–Kier alpha value is -2.48. The summed E-state index contributed by atoms with van der Waals surface area (Å²) in [6.45, 7) is 3.80. The molecule has 25 heavy (non-hydrogen) atoms. The van der Waals surface area contributed by atoms with Crippen molar-refractivity contribution in [3.8, 4) is 0 Å². The van der Waals surface area contributed by atoms with Crippen LogP contribution in [0.1, 0.15) is 30.6 Å². The molecule has 0 N–H and O–H groups in total. The number of benzene rings is 1. The zero-order chi connectivity index (χ0) is 18.6. The van der Waals surface area contributed by atoms with E-state index in [0.717, 1.165) is 4.70 Å². The third-order valence-electron chi connectivity index (χ3n) is 3.42. The maximum Gasteiger partial charge on any atom is 0.337 e. The predicted octanol–water partition coefficient (Wildman–Crippen LogP) is 2.14. The monoisotopic (exact) mass is 364 g/mol. The molecule has 0 aliphatic rings. The molecule has 0 bridgehead atoms. The number of ether oxygens (including phenoxy) is 2. The van der Waals surface area contributed by atoms with Crippen LogP contribution in [0.25, 0.3) is 10.2 Å². The molecule has 2 rings (SSSR count). The Balaban J connectivity index is 2.59. The fourth-order valence-electron chi connectivity index (χ4n) is 2.25. The topological polar surface area (TPSA) is 87.0 Å². The first-order chi connectivity index (χ1) is 11.8. The number of rotatable bonds is 5. The van der Waals surface area contributed by atoms with E-state index in [1.54, 1.807) is 22.8 Å². The molecule has 0 aliphatic heterocycles. The second kappa shape index (κ2) is 8.06. The van der Waals surface area contributed by atoms with Gasteiger partial charge >= 0.3 is 11.9 Å². The quantitative estimate of drug-likeness (QED) is 0.759. The van der Waals surface area contributed by atoms with E-state index in [0.29, 0.717) is 22.3 Å². The fourth-order valence-corrected chi connectivity index (χ4v) is 3.34. The van der Waals surface area contributed by atoms with Crippen molar-refractivity contribution in [3.63, 3.8) is 0 Å². The van der Waals surface area contributed by atoms with Gasteiger partial charge in [0.2, 0.25) is 5.91 Å². The molecule has 0 saturated carbocycles. The van der Waals surface area contributed by atoms with Crippen LogP contribution in [0.15, 0.2) is 23.2 Å². The van der Waals surface area contributed by atoms with Crippen molar-refractivity contribution in [1.29, 1.82) is 0 Å². The summed E-state index contributed by atoms with van der Waals surface area (Å²) in [7, 11) is 2.61. The highest BCUT2D eigenvalue weighted by atomic mass is 32.1. The van der Waals surface area contributed by atoms with Crippen molar-refractivity contribution in [3.05, 3.63) is 28.6 Å². The average Bonchev–Trinajstić information content (AvgIpc) is 2.89. The van der Waals surface area contributed by atoms with E-state index in [4.69, 9.17) is 9.47 Å². The van der Waals surface area contributed by atoms with E-state index >= 15 is 0 Å². The van der Waals surface area contributed by atoms with Gasteiger partial charge in [0.15, 0.2) is 4.80 Å². The molecule has 2 aromatic rings. The molecule has 0 unspecified atom stereocenters. The molecule has 0 aliphatic carbocycles. The molecular formula is C17H20N2O5S. The standard InChI is InChI=1S/C17H20N2O5S/c1-10(2)7-14(20)18-17-19(9-15(21)23-3)12-6-5-11(16(22)24-4)8-13(12)25-17/h5-6,8,10H,7,9H2,1-4H3. The lowest BCUT2D eigenvalue weighted by Crippen LogP contribution is -2.22. The number of thiazole rings is 1. The van der Waals surface area contributed by atoms with Crippen molar-refractivity contribution in [2.75, 3.05) is 14.2 Å². The van der Waals surface area contributed by atoms with Crippen molar-refractivity contribution < 1.29 is 23.9 Å². The van der Waals surface area contributed by atoms with Crippen molar-refractivity contribution in [2.24, 2.45) is 10.9 Å². The van der Waals surface area contributed by atoms with Crippen LogP contribution in [0, 0.1) is 5.92 Å². The van der Waals surface area contributed by atoms with E-state index in [-0.39, 0.29) is 18.4 Å². The molecule has 0 radical (unpaired) electrons. The number of carbonyl (C=O) groups excluding carboxylic acids is 3. The van der Waals surface area contributed by atoms with Gasteiger partial charge in [0, 0.05) is 6.42 Å². The molecule has 0 spiro atoms. The lowest BCUT2D eigenvalue weighted by molar-refractivity contribution is -0.141. The number of esters is 2. The fraction of sp³-hybridized carbons (Fsp3) is 0.412. The SMILES string of the molecule is COC(=O)Cn1c(=NC(=O)CC(C)C)sc2cc(C(=O)OC)ccc21. The lowest BCUT2D eigenvalue weighted by atomic mass is 10.1. The van der Waals surface area contributed by atoms with Gasteiger partial charge in [-0.25, -0.2) is 4.79 Å². The smallest absolute Gasteiger partial charge is 0.337 e. The summed E-state index contributed by atoms with van der Waals surface area (Å²) in [5, 5.41) is 0. The third kappa shape index (κ3) is 4.54. The Morgan fingerprint density at radius 2 is 1.92 bits per heavy atom. The molecule has 134 valence electrons. The molecule has 0 saturated heterocycles. The minimum Gasteiger partial charge on any atom is -0.468 e. The summed E-state index contributed by atoms with van der Waals surface area (Å²) in [6, 6.07) is 4.97. The number of nitrogens with zero attached hydrogens (tertiary/aromatic N) is 2. The Labute approximate surface area is 148 Å². The van der Waals surface area contributed by atoms with Crippen LogP contribution in [0.5, 0.6) is 0 Å². The summed E-state index contributed by atoms with van der Waals surface area (Å²) in [5.74, 6) is -0.974. The number of fused-ring (bicyclic) bond motifs is 1. The molecule has 8 heteroatoms. The third-order valence-corrected chi connectivity index (χ3v) is 4.46. The van der Waals surface area contributed by atoms with Gasteiger partial charge in [-0.05, 0) is 24.1 Å². The largest absolute Gasteiger partial charge is 0.468 e. The zero-order valence-corrected chi connectivity index (χ0v) is 15.4. The second-order valence-electron chi connectivity index (χ2n) is 5.82. The van der Waals surface area contributed by atoms with Crippen LogP contribution >= 0.6 is 11.3 Å². The van der Waals surface area contributed by atoms with Gasteiger partial charge in [-0.1, -0.05) is 25.2 Å². The summed E-state index contributed by atoms with van der Waals surface area (Å²) in [6.07, 6.45) is 0.319. The molecule has 7 nitrogen and oxygen atoms in total. The van der Waals surface area contributed by atoms with Gasteiger partial charge in [-0.3, -0.25) is 9.59 Å². The minimum absolute atomic E-state index is 0.0676. The molecule has 1 aromatic carbocycles. The predicted molar refractivity (Wildman–Crippen MR) is 93.2 cm³/mol. The van der Waals surface area contributed by atoms with Gasteiger partial charge in [0.25, 0.3) is 0 Å². The van der Waals surface area contributed by atoms with Crippen molar-refractivity contribution >= 4 is 39.4 Å². The Morgan fingerprint density at radius 3 is 2.52 bits per heavy atom. The number of carbonyl (C=O) groups is 3. The van der Waals surface area contributed by atoms with Crippen LogP contribution in [0.3, 0.4) is 0 Å². The number of amides is 1. The highest BCUT2D eigenvalue weighted by Crippen LogP contribution is 2.20. The highest BCUT2D eigenvalue weighted by molar-refractivity contribution is 7.16. The van der Waals surface area contributed by atoms with Gasteiger partial charge in [0.1, 0.15) is 6.54 Å². The summed E-state index contributed by atoms with van der Waals surface area (Å²) in [5.41, 5.74) is 1.08. The maximum atomic E-state index is 12.1. The van der Waals surface area contributed by atoms with Crippen LogP contribution < -0.4 is 4.80 Å². The van der Waals surface area contributed by atoms with Gasteiger partial charge in [-0.2, -0.15) is 4.99 Å². The second-order valence-corrected chi connectivity index (χ2v) is 6.83. The summed E-state index contributed by atoms with van der Waals surface area (Å²) in [4.78, 5) is 40.0. The van der Waals surface area contributed by atoms with Crippen LogP contribution in [-0.2, 0) is 25.6 Å². The first-order valence-electron chi connectivity index (χ1n) is 7.71. The summed E-state index contributed by atoms with van der Waals surface area (Å²) < 4.78 is 11.8. The summed E-state index contributed by atoms with van der Waals surface area (Å²) >= 11 is 1.23. The van der Waals surface area contributed by atoms with Crippen LogP contribution in [-0.4, -0.2) is 36.6 Å². The average molecular weight is 364 g/mol. The first-order valence-corrected chi connectivity index (χ1v) is 8.53. The molecule has 1 aromatic heterocycles. The van der Waals surface area contributed by atoms with Gasteiger partial charge in [-0.15, -0.1) is 0 Å². The molecular weight excluding hydrogens is 344 g/mol. The molecule has 1 heterocycles. The van der Waals surface area contributed by atoms with Crippen LogP contribution in [0.2, 0.25) is 0 Å². The number of hydrogen-bond acceptors (Lipinski definition) is 6. The Kier molecular flexibility index (Phi) is 6.08. The zero-order valence-electron chi connectivity index (χ0n) is 14.6. The number of hydrogen-bond donors (Lipinski definition) is 0.